The first-order valence-corrected chi connectivity index (χ1v) is 19.2. The molecule has 0 rings (SSSR count). The molecule has 2 unspecified atom stereocenters. The lowest BCUT2D eigenvalue weighted by molar-refractivity contribution is -0.873. The van der Waals surface area contributed by atoms with E-state index in [4.69, 9.17) is 18.5 Å². The maximum atomic E-state index is 12.7. The van der Waals surface area contributed by atoms with Crippen LogP contribution in [0.4, 0.5) is 0 Å². The molecule has 0 aliphatic carbocycles. The summed E-state index contributed by atoms with van der Waals surface area (Å²) in [5.74, 6) is -0.799. The number of hydrogen-bond donors (Lipinski definition) is 1. The van der Waals surface area contributed by atoms with Crippen LogP contribution in [0.3, 0.4) is 0 Å². The third kappa shape index (κ3) is 31.7. The lowest BCUT2D eigenvalue weighted by Crippen LogP contribution is -3.00. The Bertz CT molecular complexity index is 765. The fraction of sp³-hybridized carbons (Fsp3) is 0.941. The zero-order valence-electron chi connectivity index (χ0n) is 29.7. The Morgan fingerprint density at radius 1 is 0.644 bits per heavy atom. The van der Waals surface area contributed by atoms with E-state index in [-0.39, 0.29) is 31.4 Å². The van der Waals surface area contributed by atoms with Crippen LogP contribution in [0.1, 0.15) is 156 Å². The Morgan fingerprint density at radius 3 is 1.49 bits per heavy atom. The van der Waals surface area contributed by atoms with Gasteiger partial charge in [-0.3, -0.25) is 18.6 Å². The molecule has 0 radical (unpaired) electrons. The number of ether oxygens (including phenoxy) is 2. The SMILES string of the molecule is CCCCCCCCCCCC(=O)OC[C@H](COP(=O)(O)OC(CC)C[N+](C)(C)C)OC(=O)CCCCCCCCCCC.[Cl-]. The van der Waals surface area contributed by atoms with Gasteiger partial charge in [0.1, 0.15) is 19.3 Å². The van der Waals surface area contributed by atoms with E-state index in [0.717, 1.165) is 32.1 Å². The van der Waals surface area contributed by atoms with Crippen LogP contribution >= 0.6 is 7.82 Å². The molecule has 0 fully saturated rings. The Morgan fingerprint density at radius 2 is 1.07 bits per heavy atom. The number of hydrogen-bond acceptors (Lipinski definition) is 7. The standard InChI is InChI=1S/C34H68NO8P.ClH/c1-7-10-12-14-16-18-20-22-24-26-33(36)40-29-32(30-41-44(38,39)43-31(9-3)28-35(4,5)6)42-34(37)27-25-23-21-19-17-15-13-11-8-2;/h31-32H,7-30H2,1-6H3;1H/t31?,32-;/m1./s1. The monoisotopic (exact) mass is 685 g/mol. The molecule has 0 aromatic rings. The summed E-state index contributed by atoms with van der Waals surface area (Å²) >= 11 is 0. The molecule has 0 aliphatic rings. The summed E-state index contributed by atoms with van der Waals surface area (Å²) < 4.78 is 34.9. The molecule has 0 aromatic carbocycles. The first kappa shape index (κ1) is 46.4. The Labute approximate surface area is 282 Å². The number of carbonyl (C=O) groups is 2. The number of rotatable bonds is 31. The van der Waals surface area contributed by atoms with Gasteiger partial charge in [0, 0.05) is 12.8 Å². The summed E-state index contributed by atoms with van der Waals surface area (Å²) in [6, 6.07) is 0. The maximum Gasteiger partial charge on any atom is 0.472 e. The second-order valence-electron chi connectivity index (χ2n) is 13.3. The van der Waals surface area contributed by atoms with Gasteiger partial charge in [0.05, 0.1) is 27.7 Å². The van der Waals surface area contributed by atoms with Crippen LogP contribution in [-0.2, 0) is 32.7 Å². The zero-order valence-corrected chi connectivity index (χ0v) is 31.4. The largest absolute Gasteiger partial charge is 1.00 e. The maximum absolute atomic E-state index is 12.7. The molecule has 0 spiro atoms. The zero-order chi connectivity index (χ0) is 33.1. The average Bonchev–Trinajstić information content (AvgIpc) is 2.95. The van der Waals surface area contributed by atoms with E-state index in [2.05, 4.69) is 13.8 Å². The predicted molar refractivity (Wildman–Crippen MR) is 178 cm³/mol. The summed E-state index contributed by atoms with van der Waals surface area (Å²) in [6.07, 6.45) is 20.2. The van der Waals surface area contributed by atoms with Crippen LogP contribution in [0.15, 0.2) is 0 Å². The number of carbonyl (C=O) groups excluding carboxylic acids is 2. The highest BCUT2D eigenvalue weighted by Gasteiger charge is 2.31. The van der Waals surface area contributed by atoms with E-state index in [0.29, 0.717) is 30.3 Å². The van der Waals surface area contributed by atoms with Gasteiger partial charge in [-0.25, -0.2) is 4.57 Å². The first-order valence-electron chi connectivity index (χ1n) is 17.7. The minimum atomic E-state index is -4.42. The van der Waals surface area contributed by atoms with Crippen molar-refractivity contribution in [1.29, 1.82) is 0 Å². The number of nitrogens with zero attached hydrogens (tertiary/aromatic N) is 1. The van der Waals surface area contributed by atoms with Crippen LogP contribution in [0.2, 0.25) is 0 Å². The van der Waals surface area contributed by atoms with E-state index >= 15 is 0 Å². The van der Waals surface area contributed by atoms with Crippen LogP contribution < -0.4 is 12.4 Å². The smallest absolute Gasteiger partial charge is 0.472 e. The molecule has 3 atom stereocenters. The fourth-order valence-electron chi connectivity index (χ4n) is 5.02. The molecule has 0 amide bonds. The van der Waals surface area contributed by atoms with Crippen molar-refractivity contribution in [2.75, 3.05) is 40.9 Å². The van der Waals surface area contributed by atoms with Gasteiger partial charge in [-0.1, -0.05) is 124 Å². The molecule has 0 bridgehead atoms. The van der Waals surface area contributed by atoms with Crippen molar-refractivity contribution >= 4 is 19.8 Å². The van der Waals surface area contributed by atoms with Gasteiger partial charge in [-0.05, 0) is 19.3 Å². The third-order valence-corrected chi connectivity index (χ3v) is 8.65. The molecule has 45 heavy (non-hydrogen) atoms. The van der Waals surface area contributed by atoms with E-state index < -0.39 is 32.6 Å². The quantitative estimate of drug-likeness (QED) is 0.0416. The van der Waals surface area contributed by atoms with Crippen molar-refractivity contribution in [2.24, 2.45) is 0 Å². The van der Waals surface area contributed by atoms with E-state index in [9.17, 15) is 19.0 Å². The molecule has 9 nitrogen and oxygen atoms in total. The number of unbranched alkanes of at least 4 members (excludes halogenated alkanes) is 16. The number of likely N-dealkylation sites (N-methyl/N-ethyl adjacent to an activating group) is 1. The molecule has 0 aliphatic heterocycles. The van der Waals surface area contributed by atoms with Gasteiger partial charge in [0.15, 0.2) is 6.10 Å². The topological polar surface area (TPSA) is 108 Å². The highest BCUT2D eigenvalue weighted by molar-refractivity contribution is 7.47. The van der Waals surface area contributed by atoms with Crippen LogP contribution in [0.5, 0.6) is 0 Å². The minimum absolute atomic E-state index is 0. The van der Waals surface area contributed by atoms with Crippen LogP contribution in [0, 0.1) is 0 Å². The van der Waals surface area contributed by atoms with Crippen molar-refractivity contribution in [2.45, 2.75) is 168 Å². The van der Waals surface area contributed by atoms with E-state index in [1.54, 1.807) is 0 Å². The molecule has 0 saturated carbocycles. The lowest BCUT2D eigenvalue weighted by atomic mass is 10.1. The van der Waals surface area contributed by atoms with Crippen molar-refractivity contribution < 1.29 is 54.5 Å². The van der Waals surface area contributed by atoms with Crippen molar-refractivity contribution in [3.63, 3.8) is 0 Å². The normalized spacial score (nSPS) is 14.3. The number of phosphoric acid groups is 1. The van der Waals surface area contributed by atoms with Gasteiger partial charge in [0.25, 0.3) is 0 Å². The summed E-state index contributed by atoms with van der Waals surface area (Å²) in [5.41, 5.74) is 0. The van der Waals surface area contributed by atoms with Gasteiger partial charge >= 0.3 is 19.8 Å². The fourth-order valence-corrected chi connectivity index (χ4v) is 6.03. The molecule has 11 heteroatoms. The minimum Gasteiger partial charge on any atom is -1.00 e. The second kappa shape index (κ2) is 29.4. The summed E-state index contributed by atoms with van der Waals surface area (Å²) in [4.78, 5) is 35.3. The average molecular weight is 686 g/mol. The second-order valence-corrected chi connectivity index (χ2v) is 14.7. The molecular weight excluding hydrogens is 617 g/mol. The highest BCUT2D eigenvalue weighted by atomic mass is 35.5. The first-order chi connectivity index (χ1) is 20.9. The third-order valence-electron chi connectivity index (χ3n) is 7.61. The molecule has 0 aromatic heterocycles. The summed E-state index contributed by atoms with van der Waals surface area (Å²) in [6.45, 7) is 6.21. The number of quaternary nitrogens is 1. The van der Waals surface area contributed by atoms with Gasteiger partial charge in [-0.15, -0.1) is 0 Å². The molecular formula is C34H69ClNO8P. The van der Waals surface area contributed by atoms with Crippen molar-refractivity contribution in [3.8, 4) is 0 Å². The van der Waals surface area contributed by atoms with Crippen LogP contribution in [0.25, 0.3) is 0 Å². The Kier molecular flexibility index (Phi) is 30.4. The van der Waals surface area contributed by atoms with Gasteiger partial charge in [-0.2, -0.15) is 0 Å². The summed E-state index contributed by atoms with van der Waals surface area (Å²) in [5, 5.41) is 0. The number of esters is 2. The molecule has 1 N–H and O–H groups in total. The summed E-state index contributed by atoms with van der Waals surface area (Å²) in [7, 11) is 1.50. The molecule has 270 valence electrons. The highest BCUT2D eigenvalue weighted by Crippen LogP contribution is 2.45. The van der Waals surface area contributed by atoms with E-state index in [1.165, 1.54) is 77.0 Å². The Hall–Kier alpha value is -0.700. The number of phosphoric ester groups is 1. The molecule has 0 saturated heterocycles. The lowest BCUT2D eigenvalue weighted by Gasteiger charge is -2.29. The van der Waals surface area contributed by atoms with Gasteiger partial charge in [0.2, 0.25) is 0 Å². The van der Waals surface area contributed by atoms with Crippen molar-refractivity contribution in [3.05, 3.63) is 0 Å². The van der Waals surface area contributed by atoms with Crippen LogP contribution in [-0.4, -0.2) is 74.4 Å². The molecule has 0 heterocycles. The Balaban J connectivity index is 0. The van der Waals surface area contributed by atoms with Gasteiger partial charge < -0.3 is 31.3 Å². The predicted octanol–water partition coefficient (Wildman–Crippen LogP) is 5.91. The van der Waals surface area contributed by atoms with Crippen molar-refractivity contribution in [1.82, 2.24) is 0 Å². The number of halogens is 1. The van der Waals surface area contributed by atoms with E-state index in [1.807, 2.05) is 28.1 Å².